The van der Waals surface area contributed by atoms with Gasteiger partial charge in [0.15, 0.2) is 0 Å². The molecule has 1 unspecified atom stereocenters. The summed E-state index contributed by atoms with van der Waals surface area (Å²) in [6.07, 6.45) is 0.752. The molecule has 0 saturated carbocycles. The standard InChI is InChI=1S/C7H14N6O/c1-2-4(3-14)10-7-12-5(8)11-6(9)13-7/h4,14H,2-3H2,1H3,(H5,8,9,10,11,12,13). The first-order chi connectivity index (χ1) is 6.65. The van der Waals surface area contributed by atoms with E-state index >= 15 is 0 Å². The van der Waals surface area contributed by atoms with Gasteiger partial charge in [-0.15, -0.1) is 0 Å². The average molecular weight is 198 g/mol. The number of anilines is 3. The SMILES string of the molecule is CCC(CO)Nc1nc(N)nc(N)n1. The van der Waals surface area contributed by atoms with E-state index in [1.54, 1.807) is 0 Å². The van der Waals surface area contributed by atoms with Crippen LogP contribution in [0.1, 0.15) is 13.3 Å². The largest absolute Gasteiger partial charge is 0.394 e. The van der Waals surface area contributed by atoms with E-state index in [4.69, 9.17) is 16.6 Å². The van der Waals surface area contributed by atoms with Crippen molar-refractivity contribution in [2.24, 2.45) is 0 Å². The molecular formula is C7H14N6O. The molecule has 0 fully saturated rings. The number of nitrogen functional groups attached to an aromatic ring is 2. The number of aromatic nitrogens is 3. The molecule has 78 valence electrons. The molecule has 0 amide bonds. The van der Waals surface area contributed by atoms with Crippen molar-refractivity contribution in [3.63, 3.8) is 0 Å². The summed E-state index contributed by atoms with van der Waals surface area (Å²) in [5.74, 6) is 0.413. The van der Waals surface area contributed by atoms with E-state index in [0.29, 0.717) is 0 Å². The van der Waals surface area contributed by atoms with Gasteiger partial charge in [-0.2, -0.15) is 15.0 Å². The summed E-state index contributed by atoms with van der Waals surface area (Å²) in [4.78, 5) is 11.3. The van der Waals surface area contributed by atoms with Crippen molar-refractivity contribution < 1.29 is 5.11 Å². The number of nitrogens with two attached hydrogens (primary N) is 2. The molecule has 1 heterocycles. The normalized spacial score (nSPS) is 12.4. The van der Waals surface area contributed by atoms with Crippen LogP contribution < -0.4 is 16.8 Å². The van der Waals surface area contributed by atoms with Crippen LogP contribution in [0.3, 0.4) is 0 Å². The minimum atomic E-state index is -0.101. The molecule has 0 bridgehead atoms. The Balaban J connectivity index is 2.75. The zero-order valence-electron chi connectivity index (χ0n) is 7.94. The summed E-state index contributed by atoms with van der Waals surface area (Å²) in [5, 5.41) is 11.8. The number of nitrogens with zero attached hydrogens (tertiary/aromatic N) is 3. The van der Waals surface area contributed by atoms with Crippen molar-refractivity contribution >= 4 is 17.8 Å². The lowest BCUT2D eigenvalue weighted by Gasteiger charge is -2.13. The molecule has 0 spiro atoms. The monoisotopic (exact) mass is 198 g/mol. The number of hydrogen-bond donors (Lipinski definition) is 4. The lowest BCUT2D eigenvalue weighted by atomic mass is 10.2. The first kappa shape index (κ1) is 10.5. The molecule has 6 N–H and O–H groups in total. The van der Waals surface area contributed by atoms with Crippen molar-refractivity contribution in [2.75, 3.05) is 23.4 Å². The van der Waals surface area contributed by atoms with E-state index in [2.05, 4.69) is 20.3 Å². The third-order valence-electron chi connectivity index (χ3n) is 1.72. The smallest absolute Gasteiger partial charge is 0.229 e. The van der Waals surface area contributed by atoms with Gasteiger partial charge in [0, 0.05) is 0 Å². The van der Waals surface area contributed by atoms with E-state index in [-0.39, 0.29) is 30.5 Å². The summed E-state index contributed by atoms with van der Waals surface area (Å²) in [7, 11) is 0. The Morgan fingerprint density at radius 2 is 1.86 bits per heavy atom. The van der Waals surface area contributed by atoms with Crippen molar-refractivity contribution in [3.8, 4) is 0 Å². The zero-order chi connectivity index (χ0) is 10.6. The minimum Gasteiger partial charge on any atom is -0.394 e. The van der Waals surface area contributed by atoms with Crippen LogP contribution in [0.4, 0.5) is 17.8 Å². The van der Waals surface area contributed by atoms with Crippen molar-refractivity contribution in [3.05, 3.63) is 0 Å². The molecule has 7 heteroatoms. The van der Waals surface area contributed by atoms with E-state index in [1.165, 1.54) is 0 Å². The fourth-order valence-electron chi connectivity index (χ4n) is 0.933. The lowest BCUT2D eigenvalue weighted by Crippen LogP contribution is -2.24. The molecular weight excluding hydrogens is 184 g/mol. The lowest BCUT2D eigenvalue weighted by molar-refractivity contribution is 0.271. The van der Waals surface area contributed by atoms with Gasteiger partial charge >= 0.3 is 0 Å². The molecule has 7 nitrogen and oxygen atoms in total. The Kier molecular flexibility index (Phi) is 3.41. The molecule has 14 heavy (non-hydrogen) atoms. The summed E-state index contributed by atoms with van der Waals surface area (Å²) < 4.78 is 0. The highest BCUT2D eigenvalue weighted by atomic mass is 16.3. The highest BCUT2D eigenvalue weighted by Gasteiger charge is 2.07. The van der Waals surface area contributed by atoms with Crippen LogP contribution in [-0.2, 0) is 0 Å². The number of aliphatic hydroxyl groups excluding tert-OH is 1. The highest BCUT2D eigenvalue weighted by molar-refractivity contribution is 5.37. The number of hydrogen-bond acceptors (Lipinski definition) is 7. The van der Waals surface area contributed by atoms with Crippen LogP contribution >= 0.6 is 0 Å². The quantitative estimate of drug-likeness (QED) is 0.500. The van der Waals surface area contributed by atoms with Gasteiger partial charge in [0.05, 0.1) is 12.6 Å². The fourth-order valence-corrected chi connectivity index (χ4v) is 0.933. The van der Waals surface area contributed by atoms with E-state index in [0.717, 1.165) is 6.42 Å². The highest BCUT2D eigenvalue weighted by Crippen LogP contribution is 2.06. The summed E-state index contributed by atoms with van der Waals surface area (Å²) in [6, 6.07) is -0.101. The predicted octanol–water partition coefficient (Wildman–Crippen LogP) is -0.781. The summed E-state index contributed by atoms with van der Waals surface area (Å²) in [6.45, 7) is 1.93. The molecule has 1 aromatic heterocycles. The van der Waals surface area contributed by atoms with Crippen LogP contribution in [0.15, 0.2) is 0 Å². The van der Waals surface area contributed by atoms with Crippen molar-refractivity contribution in [2.45, 2.75) is 19.4 Å². The third kappa shape index (κ3) is 2.70. The molecule has 1 aromatic rings. The first-order valence-corrected chi connectivity index (χ1v) is 4.30. The van der Waals surface area contributed by atoms with Gasteiger partial charge in [-0.25, -0.2) is 0 Å². The van der Waals surface area contributed by atoms with Gasteiger partial charge in [-0.1, -0.05) is 6.92 Å². The van der Waals surface area contributed by atoms with Crippen molar-refractivity contribution in [1.29, 1.82) is 0 Å². The van der Waals surface area contributed by atoms with E-state index in [9.17, 15) is 0 Å². The van der Waals surface area contributed by atoms with Gasteiger partial charge < -0.3 is 21.9 Å². The molecule has 0 aliphatic rings. The molecule has 0 radical (unpaired) electrons. The molecule has 0 aliphatic carbocycles. The number of rotatable bonds is 4. The summed E-state index contributed by atoms with van der Waals surface area (Å²) >= 11 is 0. The summed E-state index contributed by atoms with van der Waals surface area (Å²) in [5.41, 5.74) is 10.7. The van der Waals surface area contributed by atoms with Gasteiger partial charge in [-0.3, -0.25) is 0 Å². The Labute approximate surface area is 81.6 Å². The zero-order valence-corrected chi connectivity index (χ0v) is 7.94. The Hall–Kier alpha value is -1.63. The fraction of sp³-hybridized carbons (Fsp3) is 0.571. The molecule has 0 aromatic carbocycles. The molecule has 1 atom stereocenters. The number of aliphatic hydroxyl groups is 1. The van der Waals surface area contributed by atoms with Gasteiger partial charge in [-0.05, 0) is 6.42 Å². The Bertz CT molecular complexity index is 280. The van der Waals surface area contributed by atoms with Crippen LogP contribution in [-0.4, -0.2) is 32.7 Å². The Morgan fingerprint density at radius 3 is 2.29 bits per heavy atom. The third-order valence-corrected chi connectivity index (χ3v) is 1.72. The van der Waals surface area contributed by atoms with Crippen molar-refractivity contribution in [1.82, 2.24) is 15.0 Å². The van der Waals surface area contributed by atoms with Crippen LogP contribution in [0.25, 0.3) is 0 Å². The second-order valence-electron chi connectivity index (χ2n) is 2.81. The van der Waals surface area contributed by atoms with Crippen LogP contribution in [0.5, 0.6) is 0 Å². The first-order valence-electron chi connectivity index (χ1n) is 4.30. The maximum atomic E-state index is 8.93. The Morgan fingerprint density at radius 1 is 1.29 bits per heavy atom. The van der Waals surface area contributed by atoms with E-state index in [1.807, 2.05) is 6.92 Å². The van der Waals surface area contributed by atoms with Gasteiger partial charge in [0.1, 0.15) is 0 Å². The second-order valence-corrected chi connectivity index (χ2v) is 2.81. The maximum absolute atomic E-state index is 8.93. The molecule has 0 aliphatic heterocycles. The molecule has 0 saturated heterocycles. The van der Waals surface area contributed by atoms with Gasteiger partial charge in [0.25, 0.3) is 0 Å². The topological polar surface area (TPSA) is 123 Å². The predicted molar refractivity (Wildman–Crippen MR) is 53.4 cm³/mol. The minimum absolute atomic E-state index is 0.00198. The number of nitrogens with one attached hydrogen (secondary N) is 1. The van der Waals surface area contributed by atoms with Crippen LogP contribution in [0, 0.1) is 0 Å². The average Bonchev–Trinajstić information content (AvgIpc) is 2.12. The maximum Gasteiger partial charge on any atom is 0.229 e. The van der Waals surface area contributed by atoms with Gasteiger partial charge in [0.2, 0.25) is 17.8 Å². The van der Waals surface area contributed by atoms with E-state index < -0.39 is 0 Å². The second kappa shape index (κ2) is 4.56. The van der Waals surface area contributed by atoms with Crippen LogP contribution in [0.2, 0.25) is 0 Å². The molecule has 1 rings (SSSR count).